The SMILES string of the molecule is COC[C@H]1O[C@@H](O[C@H]2[C@H](O[C@@H]3C[C@H](OC)CC4=CC[C@H]5[C@@H]6C[C@@H]7O[C@]8(CC[C@H](C)CO8)[C@@H](C)[C@@H]7[C@@]6(C)CC[C@@H]5[C@]43C)O[C@H](C)[C@H](OC)[C@@H]2O[C@@H]2OC[C@@H](OC)[C@H](OC)[C@H]2OC)[C@H](OC)[C@@H](OC)[C@@H]1OC. The van der Waals surface area contributed by atoms with E-state index in [0.29, 0.717) is 41.9 Å². The van der Waals surface area contributed by atoms with Crippen LogP contribution in [0.25, 0.3) is 0 Å². The summed E-state index contributed by atoms with van der Waals surface area (Å²) in [5.74, 6) is 2.27. The fourth-order valence-corrected chi connectivity index (χ4v) is 15.9. The van der Waals surface area contributed by atoms with Gasteiger partial charge in [0.25, 0.3) is 0 Å². The predicted molar refractivity (Wildman–Crippen MR) is 253 cm³/mol. The van der Waals surface area contributed by atoms with Crippen molar-refractivity contribution >= 4 is 0 Å². The molecule has 5 aliphatic heterocycles. The molecule has 0 bridgehead atoms. The molecule has 5 saturated heterocycles. The highest BCUT2D eigenvalue weighted by molar-refractivity contribution is 5.29. The van der Waals surface area contributed by atoms with Gasteiger partial charge in [-0.15, -0.1) is 0 Å². The number of hydrogen-bond donors (Lipinski definition) is 0. The van der Waals surface area contributed by atoms with E-state index >= 15 is 0 Å². The van der Waals surface area contributed by atoms with E-state index in [1.165, 1.54) is 5.57 Å². The predicted octanol–water partition coefficient (Wildman–Crippen LogP) is 5.71. The number of ether oxygens (including phenoxy) is 17. The zero-order chi connectivity index (χ0) is 49.9. The van der Waals surface area contributed by atoms with Crippen LogP contribution in [-0.4, -0.2) is 194 Å². The molecule has 9 aliphatic rings. The Labute approximate surface area is 417 Å². The standard InChI is InChI=1S/C53H88O17/c1-27-17-20-53(64-24-27)28(2)39-35(70-53)23-34-32-16-15-30-21-31(55-7)22-38(52(30,5)33(32)18-19-51(34,39)4)67-50-47(69-49-46(62-14)43(60-12)42(59-11)37(66-49)25-54-6)44(40(57-9)29(3)65-50)68-48-45(61-13)41(58-10)36(56-8)26-63-48/h15,27-29,31-50H,16-26H2,1-14H3/t27-,28-,29+,31+,32+,33-,34-,35-,36+,37+,38+,39-,40-,41-,42+,43-,44-,45+,46+,47+,48-,49-,50-,51-,52-,53+/m0/s1. The normalized spacial score (nSPS) is 52.4. The zero-order valence-electron chi connectivity index (χ0n) is 44.6. The maximum atomic E-state index is 7.66. The summed E-state index contributed by atoms with van der Waals surface area (Å²) in [5.41, 5.74) is 1.22. The molecule has 0 N–H and O–H groups in total. The van der Waals surface area contributed by atoms with Gasteiger partial charge >= 0.3 is 0 Å². The average molecular weight is 997 g/mol. The Kier molecular flexibility index (Phi) is 16.9. The molecule has 8 fully saturated rings. The molecule has 9 rings (SSSR count). The summed E-state index contributed by atoms with van der Waals surface area (Å²) >= 11 is 0. The van der Waals surface area contributed by atoms with Gasteiger partial charge in [-0.25, -0.2) is 0 Å². The third kappa shape index (κ3) is 9.13. The van der Waals surface area contributed by atoms with E-state index < -0.39 is 85.7 Å². The van der Waals surface area contributed by atoms with Crippen LogP contribution in [-0.2, 0) is 80.5 Å². The van der Waals surface area contributed by atoms with Crippen LogP contribution in [0.3, 0.4) is 0 Å². The molecule has 0 aromatic carbocycles. The third-order valence-electron chi connectivity index (χ3n) is 19.6. The highest BCUT2D eigenvalue weighted by Gasteiger charge is 2.70. The number of rotatable bonds is 16. The molecular weight excluding hydrogens is 909 g/mol. The Balaban J connectivity index is 1.06. The number of fused-ring (bicyclic) bond motifs is 7. The van der Waals surface area contributed by atoms with E-state index in [0.717, 1.165) is 51.6 Å². The summed E-state index contributed by atoms with van der Waals surface area (Å²) < 4.78 is 110. The van der Waals surface area contributed by atoms with E-state index in [4.69, 9.17) is 80.5 Å². The maximum Gasteiger partial charge on any atom is 0.187 e. The summed E-state index contributed by atoms with van der Waals surface area (Å²) in [4.78, 5) is 0. The van der Waals surface area contributed by atoms with E-state index in [-0.39, 0.29) is 48.5 Å². The number of allylic oxidation sites excluding steroid dienone is 1. The lowest BCUT2D eigenvalue weighted by molar-refractivity contribution is -0.396. The quantitative estimate of drug-likeness (QED) is 0.173. The second-order valence-electron chi connectivity index (χ2n) is 22.7. The van der Waals surface area contributed by atoms with Crippen molar-refractivity contribution in [3.05, 3.63) is 11.6 Å². The molecule has 0 radical (unpaired) electrons. The monoisotopic (exact) mass is 997 g/mol. The van der Waals surface area contributed by atoms with Crippen molar-refractivity contribution in [2.24, 2.45) is 46.3 Å². The zero-order valence-corrected chi connectivity index (χ0v) is 44.6. The van der Waals surface area contributed by atoms with Crippen LogP contribution in [0.2, 0.25) is 0 Å². The number of hydrogen-bond acceptors (Lipinski definition) is 17. The maximum absolute atomic E-state index is 7.66. The van der Waals surface area contributed by atoms with Crippen LogP contribution < -0.4 is 0 Å². The highest BCUT2D eigenvalue weighted by Crippen LogP contribution is 2.71. The molecule has 0 aromatic heterocycles. The minimum atomic E-state index is -1.01. The molecule has 1 spiro atoms. The Morgan fingerprint density at radius 3 is 1.96 bits per heavy atom. The Morgan fingerprint density at radius 1 is 0.629 bits per heavy atom. The Morgan fingerprint density at radius 2 is 1.31 bits per heavy atom. The lowest BCUT2D eigenvalue weighted by atomic mass is 9.46. The van der Waals surface area contributed by atoms with Gasteiger partial charge in [-0.3, -0.25) is 0 Å². The van der Waals surface area contributed by atoms with Crippen molar-refractivity contribution in [2.45, 2.75) is 196 Å². The first-order valence-electron chi connectivity index (χ1n) is 26.3. The van der Waals surface area contributed by atoms with Gasteiger partial charge in [0.1, 0.15) is 61.0 Å². The van der Waals surface area contributed by atoms with Gasteiger partial charge in [-0.1, -0.05) is 39.3 Å². The van der Waals surface area contributed by atoms with Gasteiger partial charge in [0.2, 0.25) is 0 Å². The van der Waals surface area contributed by atoms with Crippen LogP contribution in [0.1, 0.15) is 86.0 Å². The van der Waals surface area contributed by atoms with Gasteiger partial charge in [-0.2, -0.15) is 0 Å². The molecule has 0 aromatic rings. The van der Waals surface area contributed by atoms with Gasteiger partial charge < -0.3 is 80.5 Å². The van der Waals surface area contributed by atoms with Gasteiger partial charge in [0.05, 0.1) is 44.2 Å². The van der Waals surface area contributed by atoms with Crippen LogP contribution in [0.15, 0.2) is 11.6 Å². The fraction of sp³-hybridized carbons (Fsp3) is 0.962. The molecular formula is C53H88O17. The minimum absolute atomic E-state index is 0.0519. The van der Waals surface area contributed by atoms with Gasteiger partial charge in [0.15, 0.2) is 24.7 Å². The largest absolute Gasteiger partial charge is 0.382 e. The Bertz CT molecular complexity index is 1750. The smallest absolute Gasteiger partial charge is 0.187 e. The van der Waals surface area contributed by atoms with E-state index in [2.05, 4.69) is 33.8 Å². The molecule has 402 valence electrons. The van der Waals surface area contributed by atoms with Crippen molar-refractivity contribution < 1.29 is 80.5 Å². The van der Waals surface area contributed by atoms with Crippen molar-refractivity contribution in [2.75, 3.05) is 83.8 Å². The van der Waals surface area contributed by atoms with Crippen LogP contribution in [0.5, 0.6) is 0 Å². The molecule has 4 aliphatic carbocycles. The topological polar surface area (TPSA) is 157 Å². The second-order valence-corrected chi connectivity index (χ2v) is 22.7. The summed E-state index contributed by atoms with van der Waals surface area (Å²) in [6.45, 7) is 12.9. The van der Waals surface area contributed by atoms with Crippen LogP contribution in [0, 0.1) is 46.3 Å². The molecule has 5 heterocycles. The fourth-order valence-electron chi connectivity index (χ4n) is 15.9. The molecule has 70 heavy (non-hydrogen) atoms. The molecule has 3 saturated carbocycles. The van der Waals surface area contributed by atoms with Crippen molar-refractivity contribution in [1.29, 1.82) is 0 Å². The van der Waals surface area contributed by atoms with E-state index in [9.17, 15) is 0 Å². The Hall–Kier alpha value is -0.940. The molecule has 0 unspecified atom stereocenters. The molecule has 26 atom stereocenters. The molecule has 17 nitrogen and oxygen atoms in total. The van der Waals surface area contributed by atoms with Gasteiger partial charge in [0, 0.05) is 88.2 Å². The first kappa shape index (κ1) is 53.9. The van der Waals surface area contributed by atoms with E-state index in [1.807, 2.05) is 14.0 Å². The summed E-state index contributed by atoms with van der Waals surface area (Å²) in [6, 6.07) is 0. The minimum Gasteiger partial charge on any atom is -0.382 e. The third-order valence-corrected chi connectivity index (χ3v) is 19.6. The van der Waals surface area contributed by atoms with E-state index in [1.54, 1.807) is 56.9 Å². The van der Waals surface area contributed by atoms with Crippen molar-refractivity contribution in [3.8, 4) is 0 Å². The summed E-state index contributed by atoms with van der Waals surface area (Å²) in [7, 11) is 14.8. The van der Waals surface area contributed by atoms with Crippen LogP contribution in [0.4, 0.5) is 0 Å². The lowest BCUT2D eigenvalue weighted by Gasteiger charge is -2.61. The average Bonchev–Trinajstić information content (AvgIpc) is 3.81. The van der Waals surface area contributed by atoms with Crippen molar-refractivity contribution in [1.82, 2.24) is 0 Å². The van der Waals surface area contributed by atoms with Crippen molar-refractivity contribution in [3.63, 3.8) is 0 Å². The van der Waals surface area contributed by atoms with Gasteiger partial charge in [-0.05, 0) is 80.5 Å². The first-order chi connectivity index (χ1) is 33.7. The lowest BCUT2D eigenvalue weighted by Crippen LogP contribution is -2.67. The summed E-state index contributed by atoms with van der Waals surface area (Å²) in [5, 5.41) is 0. The molecule has 17 heteroatoms. The van der Waals surface area contributed by atoms with Crippen LogP contribution >= 0.6 is 0 Å². The second kappa shape index (κ2) is 22.0. The highest BCUT2D eigenvalue weighted by atomic mass is 16.8. The first-order valence-corrected chi connectivity index (χ1v) is 26.3. The molecule has 0 amide bonds. The summed E-state index contributed by atoms with van der Waals surface area (Å²) in [6.07, 6.45) is 0.547. The number of methoxy groups -OCH3 is 9.